The van der Waals surface area contributed by atoms with Crippen LogP contribution >= 0.6 is 11.3 Å². The first kappa shape index (κ1) is 20.5. The number of aromatic nitrogens is 3. The zero-order valence-electron chi connectivity index (χ0n) is 16.7. The van der Waals surface area contributed by atoms with Crippen molar-refractivity contribution in [3.05, 3.63) is 94.7 Å². The topological polar surface area (TPSA) is 69.0 Å². The Bertz CT molecular complexity index is 1220. The number of halogens is 1. The molecule has 0 aliphatic carbocycles. The number of amides is 1. The maximum atomic E-state index is 14.4. The molecule has 0 fully saturated rings. The zero-order chi connectivity index (χ0) is 21.6. The molecule has 0 saturated carbocycles. The second-order valence-corrected chi connectivity index (χ2v) is 7.71. The van der Waals surface area contributed by atoms with Crippen LogP contribution in [-0.2, 0) is 11.4 Å². The molecule has 2 aromatic carbocycles. The summed E-state index contributed by atoms with van der Waals surface area (Å²) in [6.07, 6.45) is 7.77. The number of aryl methyl sites for hydroxylation is 1. The summed E-state index contributed by atoms with van der Waals surface area (Å²) in [4.78, 5) is 20.6. The minimum atomic E-state index is -0.462. The Hall–Kier alpha value is -3.78. The summed E-state index contributed by atoms with van der Waals surface area (Å²) < 4.78 is 21.8. The molecule has 0 aliphatic heterocycles. The van der Waals surface area contributed by atoms with E-state index in [2.05, 4.69) is 15.3 Å². The lowest BCUT2D eigenvalue weighted by atomic mass is 10.2. The Morgan fingerprint density at radius 1 is 1.29 bits per heavy atom. The van der Waals surface area contributed by atoms with E-state index in [0.29, 0.717) is 23.7 Å². The minimum Gasteiger partial charge on any atom is -0.487 e. The SMILES string of the molecule is Cc1nc(COc2ccccc2/C=C/C(=O)Nc2ccc(-n3ccnc3)c(F)c2)cs1. The van der Waals surface area contributed by atoms with Crippen LogP contribution in [0.25, 0.3) is 11.8 Å². The number of ether oxygens (including phenoxy) is 1. The molecular formula is C23H19FN4O2S. The summed E-state index contributed by atoms with van der Waals surface area (Å²) in [6.45, 7) is 2.30. The van der Waals surface area contributed by atoms with Crippen LogP contribution in [-0.4, -0.2) is 20.4 Å². The molecule has 0 bridgehead atoms. The van der Waals surface area contributed by atoms with Crippen LogP contribution < -0.4 is 10.1 Å². The van der Waals surface area contributed by atoms with Crippen molar-refractivity contribution < 1.29 is 13.9 Å². The summed E-state index contributed by atoms with van der Waals surface area (Å²) in [7, 11) is 0. The van der Waals surface area contributed by atoms with Gasteiger partial charge in [0.05, 0.1) is 22.7 Å². The number of carbonyl (C=O) groups excluding carboxylic acids is 1. The summed E-state index contributed by atoms with van der Waals surface area (Å²) in [5, 5.41) is 5.61. The number of para-hydroxylation sites is 1. The van der Waals surface area contributed by atoms with Gasteiger partial charge in [-0.1, -0.05) is 18.2 Å². The van der Waals surface area contributed by atoms with E-state index in [1.807, 2.05) is 36.6 Å². The largest absolute Gasteiger partial charge is 0.487 e. The number of imidazole rings is 1. The van der Waals surface area contributed by atoms with Gasteiger partial charge in [-0.05, 0) is 37.3 Å². The van der Waals surface area contributed by atoms with E-state index in [-0.39, 0.29) is 5.91 Å². The van der Waals surface area contributed by atoms with Crippen molar-refractivity contribution in [1.82, 2.24) is 14.5 Å². The van der Waals surface area contributed by atoms with Crippen LogP contribution in [0.15, 0.2) is 72.6 Å². The molecule has 0 saturated heterocycles. The van der Waals surface area contributed by atoms with Gasteiger partial charge in [0, 0.05) is 35.1 Å². The Morgan fingerprint density at radius 3 is 2.90 bits per heavy atom. The Labute approximate surface area is 182 Å². The van der Waals surface area contributed by atoms with E-state index < -0.39 is 5.82 Å². The molecule has 2 heterocycles. The van der Waals surface area contributed by atoms with Crippen molar-refractivity contribution in [3.8, 4) is 11.4 Å². The molecule has 0 spiro atoms. The van der Waals surface area contributed by atoms with E-state index in [1.54, 1.807) is 46.5 Å². The second kappa shape index (κ2) is 9.36. The first-order valence-electron chi connectivity index (χ1n) is 9.48. The summed E-state index contributed by atoms with van der Waals surface area (Å²) in [6, 6.07) is 11.9. The number of carbonyl (C=O) groups is 1. The molecule has 1 amide bonds. The number of hydrogen-bond acceptors (Lipinski definition) is 5. The van der Waals surface area contributed by atoms with E-state index in [1.165, 1.54) is 18.5 Å². The molecule has 0 aliphatic rings. The van der Waals surface area contributed by atoms with Crippen LogP contribution in [0, 0.1) is 12.7 Å². The number of benzene rings is 2. The van der Waals surface area contributed by atoms with E-state index in [0.717, 1.165) is 16.3 Å². The lowest BCUT2D eigenvalue weighted by Crippen LogP contribution is -2.08. The zero-order valence-corrected chi connectivity index (χ0v) is 17.5. The number of nitrogens with one attached hydrogen (secondary N) is 1. The second-order valence-electron chi connectivity index (χ2n) is 6.64. The highest BCUT2D eigenvalue weighted by molar-refractivity contribution is 7.09. The van der Waals surface area contributed by atoms with Crippen LogP contribution in [0.1, 0.15) is 16.3 Å². The van der Waals surface area contributed by atoms with Gasteiger partial charge in [0.15, 0.2) is 0 Å². The van der Waals surface area contributed by atoms with Crippen molar-refractivity contribution in [2.75, 3.05) is 5.32 Å². The molecule has 8 heteroatoms. The molecule has 31 heavy (non-hydrogen) atoms. The molecule has 0 unspecified atom stereocenters. The predicted octanol–water partition coefficient (Wildman–Crippen LogP) is 5.01. The molecule has 4 aromatic rings. The van der Waals surface area contributed by atoms with E-state index in [4.69, 9.17) is 4.74 Å². The van der Waals surface area contributed by atoms with Gasteiger partial charge in [-0.15, -0.1) is 11.3 Å². The smallest absolute Gasteiger partial charge is 0.248 e. The number of nitrogens with zero attached hydrogens (tertiary/aromatic N) is 3. The van der Waals surface area contributed by atoms with Gasteiger partial charge in [-0.2, -0.15) is 0 Å². The van der Waals surface area contributed by atoms with Gasteiger partial charge in [0.2, 0.25) is 5.91 Å². The predicted molar refractivity (Wildman–Crippen MR) is 119 cm³/mol. The van der Waals surface area contributed by atoms with Crippen molar-refractivity contribution in [2.24, 2.45) is 0 Å². The van der Waals surface area contributed by atoms with Gasteiger partial charge in [0.25, 0.3) is 0 Å². The van der Waals surface area contributed by atoms with Crippen LogP contribution in [0.5, 0.6) is 5.75 Å². The highest BCUT2D eigenvalue weighted by atomic mass is 32.1. The third-order valence-electron chi connectivity index (χ3n) is 4.37. The summed E-state index contributed by atoms with van der Waals surface area (Å²) >= 11 is 1.57. The normalized spacial score (nSPS) is 11.0. The number of rotatable bonds is 7. The van der Waals surface area contributed by atoms with Crippen molar-refractivity contribution >= 4 is 29.0 Å². The van der Waals surface area contributed by atoms with Gasteiger partial charge in [-0.25, -0.2) is 14.4 Å². The maximum absolute atomic E-state index is 14.4. The van der Waals surface area contributed by atoms with Crippen LogP contribution in [0.2, 0.25) is 0 Å². The van der Waals surface area contributed by atoms with Crippen molar-refractivity contribution in [3.63, 3.8) is 0 Å². The standard InChI is InChI=1S/C23H19FN4O2S/c1-16-26-19(14-31-16)13-30-22-5-3-2-4-17(22)6-9-23(29)27-18-7-8-21(20(24)12-18)28-11-10-25-15-28/h2-12,14-15H,13H2,1H3,(H,27,29)/b9-6+. The van der Waals surface area contributed by atoms with Gasteiger partial charge in [-0.3, -0.25) is 4.79 Å². The van der Waals surface area contributed by atoms with E-state index in [9.17, 15) is 9.18 Å². The van der Waals surface area contributed by atoms with Gasteiger partial charge < -0.3 is 14.6 Å². The molecular weight excluding hydrogens is 415 g/mol. The third kappa shape index (κ3) is 5.23. The van der Waals surface area contributed by atoms with Gasteiger partial charge in [0.1, 0.15) is 18.2 Å². The lowest BCUT2D eigenvalue weighted by molar-refractivity contribution is -0.111. The first-order chi connectivity index (χ1) is 15.1. The molecule has 2 aromatic heterocycles. The maximum Gasteiger partial charge on any atom is 0.248 e. The molecule has 6 nitrogen and oxygen atoms in total. The lowest BCUT2D eigenvalue weighted by Gasteiger charge is -2.08. The fourth-order valence-electron chi connectivity index (χ4n) is 2.92. The number of anilines is 1. The highest BCUT2D eigenvalue weighted by Crippen LogP contribution is 2.22. The summed E-state index contributed by atoms with van der Waals surface area (Å²) in [5.41, 5.74) is 2.33. The van der Waals surface area contributed by atoms with E-state index >= 15 is 0 Å². The Kier molecular flexibility index (Phi) is 6.18. The van der Waals surface area contributed by atoms with Crippen molar-refractivity contribution in [1.29, 1.82) is 0 Å². The fraction of sp³-hybridized carbons (Fsp3) is 0.0870. The van der Waals surface area contributed by atoms with Crippen LogP contribution in [0.3, 0.4) is 0 Å². The van der Waals surface area contributed by atoms with Crippen molar-refractivity contribution in [2.45, 2.75) is 13.5 Å². The van der Waals surface area contributed by atoms with Gasteiger partial charge >= 0.3 is 0 Å². The molecule has 0 atom stereocenters. The average molecular weight is 434 g/mol. The average Bonchev–Trinajstić information content (AvgIpc) is 3.43. The molecule has 4 rings (SSSR count). The fourth-order valence-corrected chi connectivity index (χ4v) is 3.52. The van der Waals surface area contributed by atoms with Crippen LogP contribution in [0.4, 0.5) is 10.1 Å². The quantitative estimate of drug-likeness (QED) is 0.415. The third-order valence-corrected chi connectivity index (χ3v) is 5.20. The highest BCUT2D eigenvalue weighted by Gasteiger charge is 2.08. The molecule has 1 N–H and O–H groups in total. The molecule has 156 valence electrons. The minimum absolute atomic E-state index is 0.351. The number of hydrogen-bond donors (Lipinski definition) is 1. The summed E-state index contributed by atoms with van der Waals surface area (Å²) in [5.74, 6) is -0.191. The Balaban J connectivity index is 1.41. The first-order valence-corrected chi connectivity index (χ1v) is 10.4. The number of thiazole rings is 1. The Morgan fingerprint density at radius 2 is 2.16 bits per heavy atom. The monoisotopic (exact) mass is 434 g/mol. The molecule has 0 radical (unpaired) electrons.